The number of thiophene rings is 1. The van der Waals surface area contributed by atoms with Crippen LogP contribution in [0.2, 0.25) is 0 Å². The molecule has 0 radical (unpaired) electrons. The van der Waals surface area contributed by atoms with Crippen molar-refractivity contribution < 1.29 is 0 Å². The first-order chi connectivity index (χ1) is 24.0. The first-order valence-electron chi connectivity index (χ1n) is 17.0. The molecule has 0 saturated carbocycles. The zero-order valence-electron chi connectivity index (χ0n) is 27.7. The van der Waals surface area contributed by atoms with E-state index in [1.165, 1.54) is 81.2 Å². The quantitative estimate of drug-likeness (QED) is 0.185. The summed E-state index contributed by atoms with van der Waals surface area (Å²) in [5, 5.41) is 5.10. The Hall–Kier alpha value is -5.64. The van der Waals surface area contributed by atoms with E-state index in [-0.39, 0.29) is 5.41 Å². The molecule has 2 nitrogen and oxygen atoms in total. The highest BCUT2D eigenvalue weighted by Gasteiger charge is 2.35. The minimum atomic E-state index is -0.0709. The zero-order chi connectivity index (χ0) is 32.9. The third-order valence-electron chi connectivity index (χ3n) is 10.7. The highest BCUT2D eigenvalue weighted by Crippen LogP contribution is 2.50. The van der Waals surface area contributed by atoms with Crippen LogP contribution in [-0.4, -0.2) is 4.57 Å². The summed E-state index contributed by atoms with van der Waals surface area (Å²) in [4.78, 5) is 2.45. The summed E-state index contributed by atoms with van der Waals surface area (Å²) >= 11 is 1.86. The molecule has 1 aliphatic rings. The molecule has 0 amide bonds. The summed E-state index contributed by atoms with van der Waals surface area (Å²) in [6.45, 7) is 6.87. The Morgan fingerprint density at radius 2 is 1.22 bits per heavy atom. The second-order valence-corrected chi connectivity index (χ2v) is 15.0. The van der Waals surface area contributed by atoms with Gasteiger partial charge in [-0.15, -0.1) is 11.3 Å². The fourth-order valence-electron chi connectivity index (χ4n) is 8.27. The molecule has 0 unspecified atom stereocenters. The molecule has 7 aromatic carbocycles. The highest BCUT2D eigenvalue weighted by atomic mass is 32.1. The number of benzene rings is 7. The summed E-state index contributed by atoms with van der Waals surface area (Å²) in [6, 6.07) is 56.3. The summed E-state index contributed by atoms with van der Waals surface area (Å²) in [7, 11) is 0. The Morgan fingerprint density at radius 1 is 0.531 bits per heavy atom. The van der Waals surface area contributed by atoms with E-state index in [0.29, 0.717) is 0 Å². The third kappa shape index (κ3) is 4.12. The number of hydrogen-bond acceptors (Lipinski definition) is 2. The van der Waals surface area contributed by atoms with Gasteiger partial charge in [0.15, 0.2) is 0 Å². The van der Waals surface area contributed by atoms with Crippen LogP contribution in [0.15, 0.2) is 152 Å². The van der Waals surface area contributed by atoms with Gasteiger partial charge in [-0.05, 0) is 95.9 Å². The van der Waals surface area contributed by atoms with E-state index in [1.807, 2.05) is 11.3 Å². The molecule has 2 aromatic heterocycles. The Bertz CT molecular complexity index is 2760. The van der Waals surface area contributed by atoms with Gasteiger partial charge in [0.1, 0.15) is 0 Å². The summed E-state index contributed by atoms with van der Waals surface area (Å²) < 4.78 is 5.10. The van der Waals surface area contributed by atoms with Crippen LogP contribution in [0.3, 0.4) is 0 Å². The largest absolute Gasteiger partial charge is 0.310 e. The first-order valence-corrected chi connectivity index (χ1v) is 17.8. The van der Waals surface area contributed by atoms with Gasteiger partial charge in [-0.1, -0.05) is 104 Å². The number of rotatable bonds is 4. The van der Waals surface area contributed by atoms with Crippen molar-refractivity contribution in [2.45, 2.75) is 26.2 Å². The number of nitrogens with zero attached hydrogens (tertiary/aromatic N) is 2. The lowest BCUT2D eigenvalue weighted by atomic mass is 9.82. The van der Waals surface area contributed by atoms with Gasteiger partial charge in [-0.25, -0.2) is 0 Å². The van der Waals surface area contributed by atoms with Crippen LogP contribution >= 0.6 is 11.3 Å². The molecule has 3 heteroatoms. The molecule has 10 rings (SSSR count). The fraction of sp³-hybridized carbons (Fsp3) is 0.0870. The second kappa shape index (κ2) is 10.4. The lowest BCUT2D eigenvalue weighted by Gasteiger charge is -2.27. The van der Waals surface area contributed by atoms with Gasteiger partial charge in [0, 0.05) is 53.4 Å². The lowest BCUT2D eigenvalue weighted by Crippen LogP contribution is -2.15. The summed E-state index contributed by atoms with van der Waals surface area (Å²) in [6.07, 6.45) is 0. The van der Waals surface area contributed by atoms with Crippen molar-refractivity contribution in [3.63, 3.8) is 0 Å². The topological polar surface area (TPSA) is 8.17 Å². The second-order valence-electron chi connectivity index (χ2n) is 13.9. The predicted octanol–water partition coefficient (Wildman–Crippen LogP) is 13.2. The summed E-state index contributed by atoms with van der Waals surface area (Å²) in [5.74, 6) is 0. The van der Waals surface area contributed by atoms with Crippen molar-refractivity contribution in [1.29, 1.82) is 0 Å². The number of aryl methyl sites for hydroxylation is 1. The molecule has 0 aliphatic heterocycles. The van der Waals surface area contributed by atoms with Crippen LogP contribution < -0.4 is 4.90 Å². The van der Waals surface area contributed by atoms with E-state index in [0.717, 1.165) is 11.4 Å². The van der Waals surface area contributed by atoms with E-state index in [9.17, 15) is 0 Å². The van der Waals surface area contributed by atoms with Crippen LogP contribution in [0.25, 0.3) is 58.8 Å². The van der Waals surface area contributed by atoms with Crippen molar-refractivity contribution in [1.82, 2.24) is 4.57 Å². The number of fused-ring (bicyclic) bond motifs is 9. The van der Waals surface area contributed by atoms with Crippen molar-refractivity contribution in [2.75, 3.05) is 4.90 Å². The zero-order valence-corrected chi connectivity index (χ0v) is 28.6. The van der Waals surface area contributed by atoms with E-state index in [1.54, 1.807) is 0 Å². The molecule has 2 heterocycles. The smallest absolute Gasteiger partial charge is 0.0562 e. The molecule has 234 valence electrons. The van der Waals surface area contributed by atoms with E-state index in [4.69, 9.17) is 0 Å². The van der Waals surface area contributed by atoms with Crippen molar-refractivity contribution in [3.8, 4) is 16.8 Å². The van der Waals surface area contributed by atoms with E-state index in [2.05, 4.69) is 182 Å². The van der Waals surface area contributed by atoms with Gasteiger partial charge in [-0.2, -0.15) is 0 Å². The lowest BCUT2D eigenvalue weighted by molar-refractivity contribution is 0.660. The van der Waals surface area contributed by atoms with E-state index < -0.39 is 0 Å². The Balaban J connectivity index is 1.24. The molecule has 0 bridgehead atoms. The van der Waals surface area contributed by atoms with Crippen LogP contribution in [-0.2, 0) is 5.41 Å². The molecule has 0 fully saturated rings. The maximum absolute atomic E-state index is 2.47. The molecular formula is C46H34N2S. The molecule has 0 spiro atoms. The standard InChI is InChI=1S/C46H34N2S/c1-29-19-21-30(22-20-29)47(31-24-26-44-37(27-31)35-12-6-9-18-43(35)49-44)41-16-10-17-42-45(41)36-13-5-8-15-40(36)48(42)32-23-25-34-33-11-4-7-14-38(33)46(2,3)39(34)28-32/h4-28H,1-3H3. The van der Waals surface area contributed by atoms with Crippen LogP contribution in [0.1, 0.15) is 30.5 Å². The van der Waals surface area contributed by atoms with Crippen molar-refractivity contribution in [3.05, 3.63) is 168 Å². The normalized spacial score (nSPS) is 13.4. The van der Waals surface area contributed by atoms with Crippen LogP contribution in [0.5, 0.6) is 0 Å². The highest BCUT2D eigenvalue weighted by molar-refractivity contribution is 7.25. The Labute approximate surface area is 290 Å². The van der Waals surface area contributed by atoms with Crippen LogP contribution in [0.4, 0.5) is 17.1 Å². The number of anilines is 3. The number of hydrogen-bond donors (Lipinski definition) is 0. The first kappa shape index (κ1) is 28.4. The minimum Gasteiger partial charge on any atom is -0.310 e. The fourth-order valence-corrected chi connectivity index (χ4v) is 9.36. The van der Waals surface area contributed by atoms with E-state index >= 15 is 0 Å². The average Bonchev–Trinajstić information content (AvgIpc) is 3.75. The van der Waals surface area contributed by atoms with Gasteiger partial charge in [0.25, 0.3) is 0 Å². The SMILES string of the molecule is Cc1ccc(N(c2ccc3sc4ccccc4c3c2)c2cccc3c2c2ccccc2n3-c2ccc3c(c2)C(C)(C)c2ccccc2-3)cc1. The molecule has 0 N–H and O–H groups in total. The molecule has 9 aromatic rings. The minimum absolute atomic E-state index is 0.0709. The molecule has 0 atom stereocenters. The van der Waals surface area contributed by atoms with Crippen molar-refractivity contribution >= 4 is 70.4 Å². The average molecular weight is 647 g/mol. The van der Waals surface area contributed by atoms with Gasteiger partial charge in [-0.3, -0.25) is 0 Å². The molecule has 1 aliphatic carbocycles. The molecule has 0 saturated heterocycles. The molecular weight excluding hydrogens is 613 g/mol. The maximum Gasteiger partial charge on any atom is 0.0562 e. The van der Waals surface area contributed by atoms with Gasteiger partial charge in [0.05, 0.1) is 16.7 Å². The van der Waals surface area contributed by atoms with Crippen LogP contribution in [0, 0.1) is 6.92 Å². The van der Waals surface area contributed by atoms with Gasteiger partial charge >= 0.3 is 0 Å². The Morgan fingerprint density at radius 3 is 2.10 bits per heavy atom. The predicted molar refractivity (Wildman–Crippen MR) is 211 cm³/mol. The Kier molecular flexibility index (Phi) is 6.04. The summed E-state index contributed by atoms with van der Waals surface area (Å²) in [5.41, 5.74) is 13.7. The maximum atomic E-state index is 2.47. The molecule has 49 heavy (non-hydrogen) atoms. The number of aromatic nitrogens is 1. The number of para-hydroxylation sites is 1. The van der Waals surface area contributed by atoms with Crippen molar-refractivity contribution in [2.24, 2.45) is 0 Å². The van der Waals surface area contributed by atoms with Gasteiger partial charge in [0.2, 0.25) is 0 Å². The third-order valence-corrected chi connectivity index (χ3v) is 11.8. The monoisotopic (exact) mass is 646 g/mol. The van der Waals surface area contributed by atoms with Gasteiger partial charge < -0.3 is 9.47 Å².